The Balaban J connectivity index is 1.52. The van der Waals surface area contributed by atoms with Crippen LogP contribution in [0.25, 0.3) is 0 Å². The lowest BCUT2D eigenvalue weighted by Gasteiger charge is -2.22. The van der Waals surface area contributed by atoms with E-state index in [0.29, 0.717) is 40.6 Å². The number of anilines is 1. The highest BCUT2D eigenvalue weighted by Crippen LogP contribution is 2.38. The fraction of sp³-hybridized carbons (Fsp3) is 0.0952. The minimum absolute atomic E-state index is 0.189. The molecular weight excluding hydrogens is 372 g/mol. The number of nitrogens with one attached hydrogen (secondary N) is 1. The molecule has 1 aliphatic heterocycles. The number of nitrogens with two attached hydrogens (primary N) is 1. The number of ether oxygens (including phenoxy) is 2. The Labute approximate surface area is 166 Å². The average molecular weight is 390 g/mol. The van der Waals surface area contributed by atoms with Crippen LogP contribution in [-0.4, -0.2) is 29.9 Å². The van der Waals surface area contributed by atoms with Gasteiger partial charge in [0.15, 0.2) is 11.5 Å². The van der Waals surface area contributed by atoms with Gasteiger partial charge < -0.3 is 14.4 Å². The third-order valence-electron chi connectivity index (χ3n) is 4.47. The average Bonchev–Trinajstić information content (AvgIpc) is 2.88. The van der Waals surface area contributed by atoms with Crippen molar-refractivity contribution < 1.29 is 19.1 Å². The normalized spacial score (nSPS) is 12.3. The molecule has 0 atom stereocenters. The molecule has 29 heavy (non-hydrogen) atoms. The topological polar surface area (TPSA) is 107 Å². The Kier molecular flexibility index (Phi) is 5.08. The van der Waals surface area contributed by atoms with Gasteiger partial charge in [-0.2, -0.15) is 0 Å². The smallest absolute Gasteiger partial charge is 0.265 e. The van der Waals surface area contributed by atoms with E-state index in [-0.39, 0.29) is 18.4 Å². The SMILES string of the molecule is NNC(=O)c1ccc(OCCN2C(=O)c3ccncc3Oc3ccccc32)cc1. The molecule has 0 bridgehead atoms. The van der Waals surface area contributed by atoms with E-state index in [1.54, 1.807) is 47.5 Å². The number of aromatic nitrogens is 1. The van der Waals surface area contributed by atoms with Crippen molar-refractivity contribution in [2.24, 2.45) is 5.84 Å². The summed E-state index contributed by atoms with van der Waals surface area (Å²) in [6.07, 6.45) is 3.09. The number of hydrazine groups is 1. The molecule has 2 heterocycles. The first-order valence-electron chi connectivity index (χ1n) is 8.94. The molecule has 146 valence electrons. The number of rotatable bonds is 5. The van der Waals surface area contributed by atoms with E-state index >= 15 is 0 Å². The van der Waals surface area contributed by atoms with Crippen molar-refractivity contribution in [2.75, 3.05) is 18.1 Å². The number of hydrogen-bond donors (Lipinski definition) is 2. The maximum atomic E-state index is 13.1. The Morgan fingerprint density at radius 3 is 2.69 bits per heavy atom. The first-order chi connectivity index (χ1) is 14.2. The molecule has 3 aromatic rings. The number of fused-ring (bicyclic) bond motifs is 2. The lowest BCUT2D eigenvalue weighted by Crippen LogP contribution is -2.34. The summed E-state index contributed by atoms with van der Waals surface area (Å²) in [7, 11) is 0. The Bertz CT molecular complexity index is 1050. The predicted molar refractivity (Wildman–Crippen MR) is 106 cm³/mol. The Morgan fingerprint density at radius 1 is 1.10 bits per heavy atom. The molecule has 2 aromatic carbocycles. The summed E-state index contributed by atoms with van der Waals surface area (Å²) in [5.74, 6) is 6.13. The molecule has 8 heteroatoms. The highest BCUT2D eigenvalue weighted by atomic mass is 16.5. The van der Waals surface area contributed by atoms with E-state index in [1.165, 1.54) is 6.20 Å². The highest BCUT2D eigenvalue weighted by Gasteiger charge is 2.27. The van der Waals surface area contributed by atoms with Crippen molar-refractivity contribution in [1.29, 1.82) is 0 Å². The minimum atomic E-state index is -0.378. The standard InChI is InChI=1S/C21H18N4O4/c22-24-20(26)14-5-7-15(8-6-14)28-12-11-25-17-3-1-2-4-18(17)29-19-13-23-10-9-16(19)21(25)27/h1-10,13H,11-12,22H2,(H,24,26). The number of hydrogen-bond acceptors (Lipinski definition) is 6. The van der Waals surface area contributed by atoms with Crippen molar-refractivity contribution in [3.8, 4) is 17.2 Å². The number of nitrogens with zero attached hydrogens (tertiary/aromatic N) is 2. The van der Waals surface area contributed by atoms with Crippen molar-refractivity contribution in [3.63, 3.8) is 0 Å². The number of para-hydroxylation sites is 2. The van der Waals surface area contributed by atoms with Crippen LogP contribution in [0, 0.1) is 0 Å². The zero-order valence-corrected chi connectivity index (χ0v) is 15.4. The third kappa shape index (κ3) is 3.74. The summed E-state index contributed by atoms with van der Waals surface area (Å²) in [4.78, 5) is 30.3. The van der Waals surface area contributed by atoms with E-state index in [1.807, 2.05) is 18.2 Å². The molecule has 0 saturated heterocycles. The van der Waals surface area contributed by atoms with Crippen LogP contribution in [0.2, 0.25) is 0 Å². The Morgan fingerprint density at radius 2 is 1.90 bits per heavy atom. The van der Waals surface area contributed by atoms with Crippen LogP contribution in [0.15, 0.2) is 67.0 Å². The summed E-state index contributed by atoms with van der Waals surface area (Å²) < 4.78 is 11.7. The van der Waals surface area contributed by atoms with Crippen molar-refractivity contribution in [3.05, 3.63) is 78.1 Å². The number of benzene rings is 2. The fourth-order valence-corrected chi connectivity index (χ4v) is 3.04. The van der Waals surface area contributed by atoms with Gasteiger partial charge in [0.05, 0.1) is 24.0 Å². The zero-order valence-electron chi connectivity index (χ0n) is 15.4. The third-order valence-corrected chi connectivity index (χ3v) is 4.47. The second-order valence-corrected chi connectivity index (χ2v) is 6.24. The van der Waals surface area contributed by atoms with Gasteiger partial charge >= 0.3 is 0 Å². The van der Waals surface area contributed by atoms with Gasteiger partial charge in [-0.1, -0.05) is 12.1 Å². The predicted octanol–water partition coefficient (Wildman–Crippen LogP) is 2.52. The maximum Gasteiger partial charge on any atom is 0.265 e. The van der Waals surface area contributed by atoms with E-state index in [4.69, 9.17) is 15.3 Å². The Hall–Kier alpha value is -3.91. The number of amides is 2. The molecule has 0 unspecified atom stereocenters. The highest BCUT2D eigenvalue weighted by molar-refractivity contribution is 6.09. The molecule has 0 saturated carbocycles. The number of carbonyl (C=O) groups is 2. The van der Waals surface area contributed by atoms with Gasteiger partial charge in [-0.15, -0.1) is 0 Å². The van der Waals surface area contributed by atoms with Gasteiger partial charge in [-0.25, -0.2) is 5.84 Å². The molecule has 4 rings (SSSR count). The summed E-state index contributed by atoms with van der Waals surface area (Å²) in [6, 6.07) is 15.5. The molecule has 1 aliphatic rings. The van der Waals surface area contributed by atoms with Gasteiger partial charge in [-0.05, 0) is 42.5 Å². The molecule has 8 nitrogen and oxygen atoms in total. The van der Waals surface area contributed by atoms with Crippen molar-refractivity contribution >= 4 is 17.5 Å². The van der Waals surface area contributed by atoms with Crippen LogP contribution in [-0.2, 0) is 0 Å². The van der Waals surface area contributed by atoms with E-state index in [2.05, 4.69) is 10.4 Å². The van der Waals surface area contributed by atoms with Crippen LogP contribution in [0.3, 0.4) is 0 Å². The summed E-state index contributed by atoms with van der Waals surface area (Å²) >= 11 is 0. The van der Waals surface area contributed by atoms with Gasteiger partial charge in [0, 0.05) is 11.8 Å². The molecule has 0 aliphatic carbocycles. The lowest BCUT2D eigenvalue weighted by molar-refractivity contribution is 0.0951. The second-order valence-electron chi connectivity index (χ2n) is 6.24. The number of pyridine rings is 1. The van der Waals surface area contributed by atoms with Gasteiger partial charge in [-0.3, -0.25) is 20.0 Å². The van der Waals surface area contributed by atoms with Gasteiger partial charge in [0.1, 0.15) is 12.4 Å². The second kappa shape index (κ2) is 7.99. The summed E-state index contributed by atoms with van der Waals surface area (Å²) in [5, 5.41) is 0. The van der Waals surface area contributed by atoms with Crippen molar-refractivity contribution in [1.82, 2.24) is 10.4 Å². The van der Waals surface area contributed by atoms with E-state index < -0.39 is 0 Å². The largest absolute Gasteiger partial charge is 0.492 e. The molecule has 2 amide bonds. The number of carbonyl (C=O) groups excluding carboxylic acids is 2. The van der Waals surface area contributed by atoms with Gasteiger partial charge in [0.2, 0.25) is 0 Å². The van der Waals surface area contributed by atoms with Crippen LogP contribution in [0.4, 0.5) is 5.69 Å². The molecular formula is C21H18N4O4. The van der Waals surface area contributed by atoms with E-state index in [9.17, 15) is 9.59 Å². The fourth-order valence-electron chi connectivity index (χ4n) is 3.04. The van der Waals surface area contributed by atoms with Gasteiger partial charge in [0.25, 0.3) is 11.8 Å². The molecule has 0 radical (unpaired) electrons. The first-order valence-corrected chi connectivity index (χ1v) is 8.94. The van der Waals surface area contributed by atoms with E-state index in [0.717, 1.165) is 0 Å². The first kappa shape index (κ1) is 18.5. The summed E-state index contributed by atoms with van der Waals surface area (Å²) in [6.45, 7) is 0.564. The maximum absolute atomic E-state index is 13.1. The minimum Gasteiger partial charge on any atom is -0.492 e. The lowest BCUT2D eigenvalue weighted by atomic mass is 10.2. The molecule has 0 fully saturated rings. The van der Waals surface area contributed by atoms with Crippen LogP contribution in [0.1, 0.15) is 20.7 Å². The molecule has 3 N–H and O–H groups in total. The number of nitrogen functional groups attached to an aromatic ring is 1. The van der Waals surface area contributed by atoms with Crippen molar-refractivity contribution in [2.45, 2.75) is 0 Å². The monoisotopic (exact) mass is 390 g/mol. The van der Waals surface area contributed by atoms with Crippen LogP contribution < -0.4 is 25.6 Å². The molecule has 1 aromatic heterocycles. The quantitative estimate of drug-likeness (QED) is 0.394. The van der Waals surface area contributed by atoms with Crippen LogP contribution >= 0.6 is 0 Å². The zero-order chi connectivity index (χ0) is 20.2. The van der Waals surface area contributed by atoms with Crippen LogP contribution in [0.5, 0.6) is 17.2 Å². The summed E-state index contributed by atoms with van der Waals surface area (Å²) in [5.41, 5.74) is 3.60. The molecule has 0 spiro atoms.